The standard InChI is InChI=1S/C20H17N3OS/c1-15-14-25-20(23(15)17-10-6-3-7-11-17)18(12-21)19(24)22-13-16-8-4-2-5-9-16/h2-11,14H,13H2,1H3,(H,22,24). The molecule has 0 radical (unpaired) electrons. The lowest BCUT2D eigenvalue weighted by Crippen LogP contribution is -2.27. The van der Waals surface area contributed by atoms with Crippen molar-refractivity contribution in [1.82, 2.24) is 5.32 Å². The Morgan fingerprint density at radius 1 is 1.12 bits per heavy atom. The Morgan fingerprint density at radius 2 is 1.76 bits per heavy atom. The summed E-state index contributed by atoms with van der Waals surface area (Å²) >= 11 is 1.40. The van der Waals surface area contributed by atoms with Gasteiger partial charge in [-0.05, 0) is 30.0 Å². The van der Waals surface area contributed by atoms with E-state index in [1.54, 1.807) is 0 Å². The first kappa shape index (κ1) is 16.9. The highest BCUT2D eigenvalue weighted by atomic mass is 32.2. The average Bonchev–Trinajstić information content (AvgIpc) is 3.03. The number of hydrogen-bond donors (Lipinski definition) is 1. The quantitative estimate of drug-likeness (QED) is 0.667. The molecule has 2 aromatic carbocycles. The fraction of sp³-hybridized carbons (Fsp3) is 0.100. The topological polar surface area (TPSA) is 56.1 Å². The minimum Gasteiger partial charge on any atom is -0.347 e. The summed E-state index contributed by atoms with van der Waals surface area (Å²) in [5.41, 5.74) is 3.03. The Morgan fingerprint density at radius 3 is 2.40 bits per heavy atom. The fourth-order valence-electron chi connectivity index (χ4n) is 2.54. The zero-order valence-corrected chi connectivity index (χ0v) is 14.6. The van der Waals surface area contributed by atoms with Crippen molar-refractivity contribution in [2.45, 2.75) is 13.5 Å². The number of nitrogens with one attached hydrogen (secondary N) is 1. The minimum atomic E-state index is -0.363. The van der Waals surface area contributed by atoms with Gasteiger partial charge in [0.15, 0.2) is 0 Å². The lowest BCUT2D eigenvalue weighted by Gasteiger charge is -2.22. The van der Waals surface area contributed by atoms with Gasteiger partial charge in [0.25, 0.3) is 5.91 Å². The SMILES string of the molecule is CC1=CSC(=C(C#N)C(=O)NCc2ccccc2)N1c1ccccc1. The van der Waals surface area contributed by atoms with Gasteiger partial charge >= 0.3 is 0 Å². The highest BCUT2D eigenvalue weighted by Crippen LogP contribution is 2.40. The first-order chi connectivity index (χ1) is 12.2. The summed E-state index contributed by atoms with van der Waals surface area (Å²) in [5, 5.41) is 15.0. The van der Waals surface area contributed by atoms with Crippen LogP contribution in [0.2, 0.25) is 0 Å². The molecule has 0 fully saturated rings. The van der Waals surface area contributed by atoms with E-state index in [-0.39, 0.29) is 11.5 Å². The lowest BCUT2D eigenvalue weighted by atomic mass is 10.2. The van der Waals surface area contributed by atoms with Crippen molar-refractivity contribution in [3.8, 4) is 6.07 Å². The Kier molecular flexibility index (Phi) is 5.22. The molecule has 124 valence electrons. The van der Waals surface area contributed by atoms with Gasteiger partial charge in [0.1, 0.15) is 16.7 Å². The third kappa shape index (κ3) is 3.76. The monoisotopic (exact) mass is 347 g/mol. The van der Waals surface area contributed by atoms with E-state index >= 15 is 0 Å². The van der Waals surface area contributed by atoms with E-state index in [9.17, 15) is 10.1 Å². The van der Waals surface area contributed by atoms with Gasteiger partial charge in [-0.25, -0.2) is 0 Å². The molecule has 1 aliphatic rings. The molecule has 1 aliphatic heterocycles. The lowest BCUT2D eigenvalue weighted by molar-refractivity contribution is -0.117. The maximum atomic E-state index is 12.6. The number of nitriles is 1. The van der Waals surface area contributed by atoms with Crippen molar-refractivity contribution in [3.63, 3.8) is 0 Å². The normalized spacial score (nSPS) is 15.4. The van der Waals surface area contributed by atoms with Crippen molar-refractivity contribution in [2.75, 3.05) is 4.90 Å². The first-order valence-corrected chi connectivity index (χ1v) is 8.74. The summed E-state index contributed by atoms with van der Waals surface area (Å²) in [6, 6.07) is 21.4. The van der Waals surface area contributed by atoms with Gasteiger partial charge in [-0.2, -0.15) is 5.26 Å². The van der Waals surface area contributed by atoms with E-state index in [1.807, 2.05) is 77.9 Å². The van der Waals surface area contributed by atoms with Crippen molar-refractivity contribution < 1.29 is 4.79 Å². The maximum Gasteiger partial charge on any atom is 0.264 e. The van der Waals surface area contributed by atoms with Crippen LogP contribution in [0.25, 0.3) is 0 Å². The molecule has 0 atom stereocenters. The van der Waals surface area contributed by atoms with Gasteiger partial charge < -0.3 is 10.2 Å². The third-order valence-electron chi connectivity index (χ3n) is 3.76. The second kappa shape index (κ2) is 7.73. The van der Waals surface area contributed by atoms with Crippen molar-refractivity contribution in [1.29, 1.82) is 5.26 Å². The number of thioether (sulfide) groups is 1. The average molecular weight is 347 g/mol. The molecule has 5 heteroatoms. The molecule has 1 N–H and O–H groups in total. The predicted molar refractivity (Wildman–Crippen MR) is 101 cm³/mol. The highest BCUT2D eigenvalue weighted by Gasteiger charge is 2.26. The molecule has 0 saturated carbocycles. The van der Waals surface area contributed by atoms with Crippen molar-refractivity contribution in [3.05, 3.63) is 87.9 Å². The van der Waals surface area contributed by atoms with E-state index in [2.05, 4.69) is 11.4 Å². The number of allylic oxidation sites excluding steroid dienone is 1. The summed E-state index contributed by atoms with van der Waals surface area (Å²) in [4.78, 5) is 14.5. The predicted octanol–water partition coefficient (Wildman–Crippen LogP) is 4.15. The first-order valence-electron chi connectivity index (χ1n) is 7.86. The number of para-hydroxylation sites is 1. The van der Waals surface area contributed by atoms with Crippen LogP contribution < -0.4 is 10.2 Å². The molecule has 0 spiro atoms. The highest BCUT2D eigenvalue weighted by molar-refractivity contribution is 8.06. The third-order valence-corrected chi connectivity index (χ3v) is 4.83. The molecule has 4 nitrogen and oxygen atoms in total. The van der Waals surface area contributed by atoms with E-state index in [0.717, 1.165) is 16.9 Å². The zero-order valence-electron chi connectivity index (χ0n) is 13.8. The van der Waals surface area contributed by atoms with Crippen LogP contribution >= 0.6 is 11.8 Å². The van der Waals surface area contributed by atoms with Crippen LogP contribution in [0.4, 0.5) is 5.69 Å². The van der Waals surface area contributed by atoms with Crippen LogP contribution in [0, 0.1) is 11.3 Å². The molecule has 0 bridgehead atoms. The Labute approximate surface area is 151 Å². The van der Waals surface area contributed by atoms with Crippen LogP contribution in [0.5, 0.6) is 0 Å². The van der Waals surface area contributed by atoms with Crippen LogP contribution in [0.15, 0.2) is 82.4 Å². The van der Waals surface area contributed by atoms with Crippen molar-refractivity contribution in [2.24, 2.45) is 0 Å². The summed E-state index contributed by atoms with van der Waals surface area (Å²) in [7, 11) is 0. The Bertz CT molecular complexity index is 867. The number of carbonyl (C=O) groups is 1. The summed E-state index contributed by atoms with van der Waals surface area (Å²) in [6.07, 6.45) is 0. The van der Waals surface area contributed by atoms with Gasteiger partial charge in [-0.1, -0.05) is 60.3 Å². The second-order valence-corrected chi connectivity index (χ2v) is 6.37. The summed E-state index contributed by atoms with van der Waals surface area (Å²) in [6.45, 7) is 2.35. The van der Waals surface area contributed by atoms with E-state index in [4.69, 9.17) is 0 Å². The number of rotatable bonds is 4. The second-order valence-electron chi connectivity index (χ2n) is 5.51. The number of carbonyl (C=O) groups excluding carboxylic acids is 1. The number of amides is 1. The molecule has 1 heterocycles. The molecule has 0 aliphatic carbocycles. The fourth-order valence-corrected chi connectivity index (χ4v) is 3.54. The van der Waals surface area contributed by atoms with Gasteiger partial charge in [0, 0.05) is 17.9 Å². The zero-order chi connectivity index (χ0) is 17.6. The number of nitrogens with zero attached hydrogens (tertiary/aromatic N) is 2. The Hall–Kier alpha value is -2.97. The molecular formula is C20H17N3OS. The number of anilines is 1. The van der Waals surface area contributed by atoms with Crippen molar-refractivity contribution >= 4 is 23.4 Å². The summed E-state index contributed by atoms with van der Waals surface area (Å²) in [5.74, 6) is -0.363. The van der Waals surface area contributed by atoms with Crippen LogP contribution in [-0.2, 0) is 11.3 Å². The minimum absolute atomic E-state index is 0.123. The molecule has 0 unspecified atom stereocenters. The summed E-state index contributed by atoms with van der Waals surface area (Å²) < 4.78 is 0. The van der Waals surface area contributed by atoms with E-state index in [1.165, 1.54) is 11.8 Å². The molecule has 1 amide bonds. The van der Waals surface area contributed by atoms with Gasteiger partial charge in [-0.3, -0.25) is 4.79 Å². The molecular weight excluding hydrogens is 330 g/mol. The number of benzene rings is 2. The largest absolute Gasteiger partial charge is 0.347 e. The van der Waals surface area contributed by atoms with Crippen LogP contribution in [0.3, 0.4) is 0 Å². The Balaban J connectivity index is 1.85. The number of hydrogen-bond acceptors (Lipinski definition) is 4. The van der Waals surface area contributed by atoms with Gasteiger partial charge in [0.2, 0.25) is 0 Å². The molecule has 2 aromatic rings. The molecule has 3 rings (SSSR count). The maximum absolute atomic E-state index is 12.6. The van der Waals surface area contributed by atoms with Crippen LogP contribution in [0.1, 0.15) is 12.5 Å². The van der Waals surface area contributed by atoms with E-state index < -0.39 is 0 Å². The molecule has 0 aromatic heterocycles. The molecule has 25 heavy (non-hydrogen) atoms. The van der Waals surface area contributed by atoms with Crippen LogP contribution in [-0.4, -0.2) is 5.91 Å². The van der Waals surface area contributed by atoms with Gasteiger partial charge in [0.05, 0.1) is 0 Å². The molecule has 0 saturated heterocycles. The smallest absolute Gasteiger partial charge is 0.264 e. The van der Waals surface area contributed by atoms with Gasteiger partial charge in [-0.15, -0.1) is 0 Å². The van der Waals surface area contributed by atoms with E-state index in [0.29, 0.717) is 11.6 Å².